The van der Waals surface area contributed by atoms with E-state index in [2.05, 4.69) is 23.9 Å². The Kier molecular flexibility index (Phi) is 7.13. The Labute approximate surface area is 87.5 Å². The van der Waals surface area contributed by atoms with E-state index in [1.807, 2.05) is 0 Å². The van der Waals surface area contributed by atoms with E-state index in [4.69, 9.17) is 0 Å². The average molecular weight is 222 g/mol. The molecular weight excluding hydrogens is 200 g/mol. The van der Waals surface area contributed by atoms with Crippen LogP contribution in [-0.4, -0.2) is 34.3 Å². The fourth-order valence-electron chi connectivity index (χ4n) is 1.19. The van der Waals surface area contributed by atoms with Gasteiger partial charge in [-0.1, -0.05) is 26.7 Å². The average Bonchev–Trinajstić information content (AvgIpc) is 2.18. The van der Waals surface area contributed by atoms with Gasteiger partial charge in [-0.3, -0.25) is 0 Å². The molecule has 0 aliphatic rings. The molecular formula is C9H22N2O2S. The summed E-state index contributed by atoms with van der Waals surface area (Å²) in [6, 6.07) is 0. The molecule has 0 aromatic rings. The summed E-state index contributed by atoms with van der Waals surface area (Å²) in [4.78, 5) is 0. The lowest BCUT2D eigenvalue weighted by molar-refractivity contribution is 0.456. The van der Waals surface area contributed by atoms with Gasteiger partial charge in [0.05, 0.1) is 5.75 Å². The van der Waals surface area contributed by atoms with Crippen LogP contribution in [0.1, 0.15) is 26.7 Å². The zero-order valence-electron chi connectivity index (χ0n) is 9.34. The Morgan fingerprint density at radius 3 is 2.21 bits per heavy atom. The molecule has 0 unspecified atom stereocenters. The zero-order chi connectivity index (χ0) is 11.0. The summed E-state index contributed by atoms with van der Waals surface area (Å²) in [5.74, 6) is 0.816. The lowest BCUT2D eigenvalue weighted by Gasteiger charge is -2.12. The van der Waals surface area contributed by atoms with Crippen molar-refractivity contribution in [1.29, 1.82) is 0 Å². The van der Waals surface area contributed by atoms with Gasteiger partial charge in [0.15, 0.2) is 0 Å². The summed E-state index contributed by atoms with van der Waals surface area (Å²) in [6.45, 7) is 5.74. The van der Waals surface area contributed by atoms with Crippen molar-refractivity contribution in [2.75, 3.05) is 25.9 Å². The Balaban J connectivity index is 3.56. The van der Waals surface area contributed by atoms with Gasteiger partial charge in [-0.25, -0.2) is 13.1 Å². The van der Waals surface area contributed by atoms with Crippen molar-refractivity contribution in [3.05, 3.63) is 0 Å². The summed E-state index contributed by atoms with van der Waals surface area (Å²) in [5.41, 5.74) is 0. The molecule has 0 heterocycles. The van der Waals surface area contributed by atoms with E-state index in [9.17, 15) is 8.42 Å². The SMILES string of the molecule is CCC(CC)CNCCS(=O)(=O)NC. The second-order valence-corrected chi connectivity index (χ2v) is 5.46. The van der Waals surface area contributed by atoms with E-state index < -0.39 is 10.0 Å². The van der Waals surface area contributed by atoms with E-state index in [0.29, 0.717) is 12.5 Å². The fraction of sp³-hybridized carbons (Fsp3) is 1.00. The number of hydrogen-bond acceptors (Lipinski definition) is 3. The number of hydrogen-bond donors (Lipinski definition) is 2. The van der Waals surface area contributed by atoms with Crippen molar-refractivity contribution in [3.8, 4) is 0 Å². The molecule has 14 heavy (non-hydrogen) atoms. The Hall–Kier alpha value is -0.130. The van der Waals surface area contributed by atoms with E-state index in [-0.39, 0.29) is 5.75 Å². The summed E-state index contributed by atoms with van der Waals surface area (Å²) in [5, 5.41) is 3.16. The molecule has 0 radical (unpaired) electrons. The van der Waals surface area contributed by atoms with Gasteiger partial charge in [0.25, 0.3) is 0 Å². The van der Waals surface area contributed by atoms with Crippen LogP contribution in [0.3, 0.4) is 0 Å². The second kappa shape index (κ2) is 7.20. The molecule has 0 saturated heterocycles. The first-order chi connectivity index (χ1) is 6.55. The zero-order valence-corrected chi connectivity index (χ0v) is 10.2. The monoisotopic (exact) mass is 222 g/mol. The van der Waals surface area contributed by atoms with Crippen LogP contribution in [-0.2, 0) is 10.0 Å². The van der Waals surface area contributed by atoms with Crippen LogP contribution in [0.5, 0.6) is 0 Å². The minimum Gasteiger partial charge on any atom is -0.315 e. The first-order valence-corrected chi connectivity index (χ1v) is 6.82. The van der Waals surface area contributed by atoms with Crippen LogP contribution in [0.25, 0.3) is 0 Å². The molecule has 0 fully saturated rings. The third kappa shape index (κ3) is 6.34. The van der Waals surface area contributed by atoms with E-state index >= 15 is 0 Å². The van der Waals surface area contributed by atoms with Crippen molar-refractivity contribution in [2.24, 2.45) is 5.92 Å². The molecule has 0 aromatic carbocycles. The van der Waals surface area contributed by atoms with Crippen LogP contribution in [0, 0.1) is 5.92 Å². The molecule has 0 atom stereocenters. The fourth-order valence-corrected chi connectivity index (χ4v) is 1.81. The van der Waals surface area contributed by atoms with Gasteiger partial charge in [-0.05, 0) is 19.5 Å². The lowest BCUT2D eigenvalue weighted by Crippen LogP contribution is -2.31. The van der Waals surface area contributed by atoms with Crippen molar-refractivity contribution < 1.29 is 8.42 Å². The van der Waals surface area contributed by atoms with Crippen molar-refractivity contribution in [2.45, 2.75) is 26.7 Å². The first-order valence-electron chi connectivity index (χ1n) is 5.17. The molecule has 0 aromatic heterocycles. The number of rotatable bonds is 8. The maximum absolute atomic E-state index is 11.0. The van der Waals surface area contributed by atoms with E-state index in [1.54, 1.807) is 0 Å². The van der Waals surface area contributed by atoms with E-state index in [1.165, 1.54) is 7.05 Å². The first kappa shape index (κ1) is 13.9. The minimum absolute atomic E-state index is 0.156. The molecule has 2 N–H and O–H groups in total. The summed E-state index contributed by atoms with van der Waals surface area (Å²) < 4.78 is 24.4. The normalized spacial score (nSPS) is 12.3. The smallest absolute Gasteiger partial charge is 0.212 e. The van der Waals surface area contributed by atoms with E-state index in [0.717, 1.165) is 19.4 Å². The van der Waals surface area contributed by atoms with Crippen LogP contribution in [0.4, 0.5) is 0 Å². The predicted octanol–water partition coefficient (Wildman–Crippen LogP) is 0.561. The highest BCUT2D eigenvalue weighted by molar-refractivity contribution is 7.89. The van der Waals surface area contributed by atoms with Crippen LogP contribution in [0.15, 0.2) is 0 Å². The minimum atomic E-state index is -3.04. The third-order valence-electron chi connectivity index (χ3n) is 2.45. The molecule has 0 amide bonds. The van der Waals surface area contributed by atoms with Gasteiger partial charge in [-0.2, -0.15) is 0 Å². The molecule has 0 saturated carbocycles. The quantitative estimate of drug-likeness (QED) is 0.590. The van der Waals surface area contributed by atoms with Gasteiger partial charge in [0, 0.05) is 6.54 Å². The van der Waals surface area contributed by atoms with Gasteiger partial charge in [0.2, 0.25) is 10.0 Å². The van der Waals surface area contributed by atoms with Crippen molar-refractivity contribution in [1.82, 2.24) is 10.0 Å². The number of nitrogens with one attached hydrogen (secondary N) is 2. The Morgan fingerprint density at radius 1 is 1.21 bits per heavy atom. The van der Waals surface area contributed by atoms with Crippen LogP contribution in [0.2, 0.25) is 0 Å². The summed E-state index contributed by atoms with van der Waals surface area (Å²) in [7, 11) is -1.60. The highest BCUT2D eigenvalue weighted by Gasteiger charge is 2.07. The molecule has 4 nitrogen and oxygen atoms in total. The highest BCUT2D eigenvalue weighted by atomic mass is 32.2. The molecule has 0 rings (SSSR count). The topological polar surface area (TPSA) is 58.2 Å². The van der Waals surface area contributed by atoms with Crippen LogP contribution >= 0.6 is 0 Å². The predicted molar refractivity (Wildman–Crippen MR) is 59.8 cm³/mol. The van der Waals surface area contributed by atoms with Gasteiger partial charge >= 0.3 is 0 Å². The van der Waals surface area contributed by atoms with Gasteiger partial charge in [-0.15, -0.1) is 0 Å². The largest absolute Gasteiger partial charge is 0.315 e. The van der Waals surface area contributed by atoms with Crippen LogP contribution < -0.4 is 10.0 Å². The van der Waals surface area contributed by atoms with Gasteiger partial charge in [0.1, 0.15) is 0 Å². The van der Waals surface area contributed by atoms with Gasteiger partial charge < -0.3 is 5.32 Å². The maximum atomic E-state index is 11.0. The summed E-state index contributed by atoms with van der Waals surface area (Å²) >= 11 is 0. The van der Waals surface area contributed by atoms with Crippen molar-refractivity contribution >= 4 is 10.0 Å². The third-order valence-corrected chi connectivity index (χ3v) is 3.81. The molecule has 5 heteroatoms. The molecule has 0 aliphatic carbocycles. The Bertz CT molecular complexity index is 223. The Morgan fingerprint density at radius 2 is 1.79 bits per heavy atom. The van der Waals surface area contributed by atoms with Crippen molar-refractivity contribution in [3.63, 3.8) is 0 Å². The number of sulfonamides is 1. The maximum Gasteiger partial charge on any atom is 0.212 e. The standard InChI is InChI=1S/C9H22N2O2S/c1-4-9(5-2)8-11-6-7-14(12,13)10-3/h9-11H,4-8H2,1-3H3. The molecule has 0 spiro atoms. The molecule has 0 bridgehead atoms. The highest BCUT2D eigenvalue weighted by Crippen LogP contribution is 2.04. The molecule has 86 valence electrons. The molecule has 0 aliphatic heterocycles. The lowest BCUT2D eigenvalue weighted by atomic mass is 10.0. The summed E-state index contributed by atoms with van der Waals surface area (Å²) in [6.07, 6.45) is 2.28. The second-order valence-electron chi connectivity index (χ2n) is 3.41.